The number of rotatable bonds is 5. The molecule has 0 aliphatic carbocycles. The van der Waals surface area contributed by atoms with Crippen molar-refractivity contribution in [2.24, 2.45) is 0 Å². The van der Waals surface area contributed by atoms with E-state index in [9.17, 15) is 22.8 Å². The standard InChI is InChI=1S/C18H19F3N4O2S/c1-28-10-15-22-13(9-16(26)24-15)17(27)23-12-8-11(18(19,20)21)4-5-14(12)25-6-2-3-7-25/h4-5,8-9H,2-3,6-7,10H2,1H3,(H,23,27)(H,22,24,26). The summed E-state index contributed by atoms with van der Waals surface area (Å²) in [6.45, 7) is 1.41. The minimum Gasteiger partial charge on any atom is -0.370 e. The summed E-state index contributed by atoms with van der Waals surface area (Å²) in [6, 6.07) is 4.32. The Labute approximate surface area is 163 Å². The van der Waals surface area contributed by atoms with Gasteiger partial charge in [-0.05, 0) is 37.3 Å². The number of hydrogen-bond acceptors (Lipinski definition) is 5. The average molecular weight is 412 g/mol. The van der Waals surface area contributed by atoms with Gasteiger partial charge in [0.1, 0.15) is 11.5 Å². The molecule has 1 fully saturated rings. The number of benzene rings is 1. The number of halogens is 3. The Bertz CT molecular complexity index is 924. The molecule has 1 aliphatic rings. The van der Waals surface area contributed by atoms with Crippen LogP contribution >= 0.6 is 11.8 Å². The van der Waals surface area contributed by atoms with Gasteiger partial charge >= 0.3 is 6.18 Å². The van der Waals surface area contributed by atoms with Gasteiger partial charge in [0.15, 0.2) is 0 Å². The first-order valence-corrected chi connectivity index (χ1v) is 10.0. The van der Waals surface area contributed by atoms with Crippen LogP contribution in [0.1, 0.15) is 34.7 Å². The SMILES string of the molecule is CSCc1nc(C(=O)Nc2cc(C(F)(F)F)ccc2N2CCCC2)cc(=O)[nH]1. The zero-order chi connectivity index (χ0) is 20.3. The van der Waals surface area contributed by atoms with Gasteiger partial charge < -0.3 is 15.2 Å². The molecule has 0 radical (unpaired) electrons. The van der Waals surface area contributed by atoms with E-state index in [4.69, 9.17) is 0 Å². The zero-order valence-corrected chi connectivity index (χ0v) is 15.9. The first-order chi connectivity index (χ1) is 13.3. The van der Waals surface area contributed by atoms with E-state index in [0.717, 1.165) is 31.0 Å². The third kappa shape index (κ3) is 4.67. The fourth-order valence-electron chi connectivity index (χ4n) is 3.06. The van der Waals surface area contributed by atoms with Gasteiger partial charge in [-0.2, -0.15) is 24.9 Å². The first-order valence-electron chi connectivity index (χ1n) is 8.64. The van der Waals surface area contributed by atoms with Crippen LogP contribution in [-0.4, -0.2) is 35.2 Å². The van der Waals surface area contributed by atoms with Crippen LogP contribution in [0.5, 0.6) is 0 Å². The van der Waals surface area contributed by atoms with Crippen molar-refractivity contribution < 1.29 is 18.0 Å². The maximum atomic E-state index is 13.1. The molecule has 1 aromatic carbocycles. The van der Waals surface area contributed by atoms with Crippen molar-refractivity contribution in [2.45, 2.75) is 24.8 Å². The minimum atomic E-state index is -4.53. The van der Waals surface area contributed by atoms with Crippen molar-refractivity contribution in [1.29, 1.82) is 0 Å². The van der Waals surface area contributed by atoms with Crippen molar-refractivity contribution in [1.82, 2.24) is 9.97 Å². The second-order valence-corrected chi connectivity index (χ2v) is 7.25. The molecule has 150 valence electrons. The Kier molecular flexibility index (Phi) is 5.97. The van der Waals surface area contributed by atoms with E-state index in [1.54, 1.807) is 0 Å². The van der Waals surface area contributed by atoms with E-state index in [-0.39, 0.29) is 11.4 Å². The van der Waals surface area contributed by atoms with Gasteiger partial charge in [-0.25, -0.2) is 4.98 Å². The van der Waals surface area contributed by atoms with Gasteiger partial charge in [0.2, 0.25) is 0 Å². The monoisotopic (exact) mass is 412 g/mol. The number of hydrogen-bond donors (Lipinski definition) is 2. The normalized spacial score (nSPS) is 14.4. The highest BCUT2D eigenvalue weighted by atomic mass is 32.2. The summed E-state index contributed by atoms with van der Waals surface area (Å²) in [7, 11) is 0. The lowest BCUT2D eigenvalue weighted by atomic mass is 10.1. The van der Waals surface area contributed by atoms with Gasteiger partial charge in [0, 0.05) is 19.2 Å². The number of thioether (sulfide) groups is 1. The number of nitrogens with one attached hydrogen (secondary N) is 2. The summed E-state index contributed by atoms with van der Waals surface area (Å²) in [4.78, 5) is 32.9. The number of amides is 1. The third-order valence-corrected chi connectivity index (χ3v) is 4.89. The summed E-state index contributed by atoms with van der Waals surface area (Å²) in [5.41, 5.74) is -0.915. The summed E-state index contributed by atoms with van der Waals surface area (Å²) in [5.74, 6) is 0.000976. The van der Waals surface area contributed by atoms with Crippen LogP contribution in [-0.2, 0) is 11.9 Å². The molecule has 0 unspecified atom stereocenters. The molecule has 1 amide bonds. The van der Waals surface area contributed by atoms with Crippen molar-refractivity contribution in [3.05, 3.63) is 51.7 Å². The maximum absolute atomic E-state index is 13.1. The van der Waals surface area contributed by atoms with E-state index < -0.39 is 23.2 Å². The van der Waals surface area contributed by atoms with Gasteiger partial charge in [-0.3, -0.25) is 9.59 Å². The molecule has 0 bridgehead atoms. The Morgan fingerprint density at radius 2 is 2.00 bits per heavy atom. The van der Waals surface area contributed by atoms with Crippen molar-refractivity contribution in [3.63, 3.8) is 0 Å². The number of aromatic nitrogens is 2. The molecule has 6 nitrogen and oxygen atoms in total. The van der Waals surface area contributed by atoms with Crippen LogP contribution in [0.3, 0.4) is 0 Å². The molecule has 1 aliphatic heterocycles. The highest BCUT2D eigenvalue weighted by Gasteiger charge is 2.32. The highest BCUT2D eigenvalue weighted by molar-refractivity contribution is 7.97. The number of alkyl halides is 3. The molecule has 2 N–H and O–H groups in total. The Balaban J connectivity index is 1.95. The van der Waals surface area contributed by atoms with Crippen LogP contribution in [0.2, 0.25) is 0 Å². The molecule has 2 heterocycles. The average Bonchev–Trinajstić information content (AvgIpc) is 3.15. The second-order valence-electron chi connectivity index (χ2n) is 6.39. The lowest BCUT2D eigenvalue weighted by Gasteiger charge is -2.22. The van der Waals surface area contributed by atoms with Crippen molar-refractivity contribution >= 4 is 29.0 Å². The lowest BCUT2D eigenvalue weighted by Crippen LogP contribution is -2.24. The number of carbonyl (C=O) groups excluding carboxylic acids is 1. The molecule has 3 rings (SSSR count). The molecular formula is C18H19F3N4O2S. The van der Waals surface area contributed by atoms with Crippen LogP contribution in [0.15, 0.2) is 29.1 Å². The third-order valence-electron chi connectivity index (χ3n) is 4.32. The van der Waals surface area contributed by atoms with Crippen molar-refractivity contribution in [3.8, 4) is 0 Å². The quantitative estimate of drug-likeness (QED) is 0.786. The number of H-pyrrole nitrogens is 1. The number of nitrogens with zero attached hydrogens (tertiary/aromatic N) is 2. The predicted octanol–water partition coefficient (Wildman–Crippen LogP) is 3.50. The van der Waals surface area contributed by atoms with E-state index in [1.807, 2.05) is 11.2 Å². The Hall–Kier alpha value is -2.49. The fourth-order valence-corrected chi connectivity index (χ4v) is 3.47. The van der Waals surface area contributed by atoms with Crippen molar-refractivity contribution in [2.75, 3.05) is 29.6 Å². The molecule has 0 spiro atoms. The molecule has 0 atom stereocenters. The minimum absolute atomic E-state index is 0.0511. The summed E-state index contributed by atoms with van der Waals surface area (Å²) in [6.07, 6.45) is -0.849. The molecule has 28 heavy (non-hydrogen) atoms. The van der Waals surface area contributed by atoms with Gasteiger partial charge in [0.25, 0.3) is 11.5 Å². The van der Waals surface area contributed by atoms with Gasteiger partial charge in [-0.1, -0.05) is 0 Å². The number of aromatic amines is 1. The second kappa shape index (κ2) is 8.26. The fraction of sp³-hybridized carbons (Fsp3) is 0.389. The molecule has 1 saturated heterocycles. The number of carbonyl (C=O) groups is 1. The lowest BCUT2D eigenvalue weighted by molar-refractivity contribution is -0.137. The predicted molar refractivity (Wildman–Crippen MR) is 103 cm³/mol. The van der Waals surface area contributed by atoms with Crippen LogP contribution in [0.25, 0.3) is 0 Å². The van der Waals surface area contributed by atoms with E-state index >= 15 is 0 Å². The van der Waals surface area contributed by atoms with Gasteiger partial charge in [0.05, 0.1) is 22.7 Å². The van der Waals surface area contributed by atoms with Crippen LogP contribution in [0.4, 0.5) is 24.5 Å². The van der Waals surface area contributed by atoms with E-state index in [0.29, 0.717) is 30.4 Å². The Morgan fingerprint density at radius 3 is 2.64 bits per heavy atom. The summed E-state index contributed by atoms with van der Waals surface area (Å²) in [5, 5.41) is 2.51. The Morgan fingerprint density at radius 1 is 1.29 bits per heavy atom. The highest BCUT2D eigenvalue weighted by Crippen LogP contribution is 2.36. The maximum Gasteiger partial charge on any atom is 0.416 e. The van der Waals surface area contributed by atoms with Gasteiger partial charge in [-0.15, -0.1) is 0 Å². The molecular weight excluding hydrogens is 393 g/mol. The van der Waals surface area contributed by atoms with E-state index in [2.05, 4.69) is 15.3 Å². The molecule has 10 heteroatoms. The zero-order valence-electron chi connectivity index (χ0n) is 15.1. The van der Waals surface area contributed by atoms with E-state index in [1.165, 1.54) is 17.8 Å². The van der Waals surface area contributed by atoms with Crippen LogP contribution in [0, 0.1) is 0 Å². The summed E-state index contributed by atoms with van der Waals surface area (Å²) >= 11 is 1.42. The largest absolute Gasteiger partial charge is 0.416 e. The molecule has 1 aromatic heterocycles. The first kappa shape index (κ1) is 20.2. The van der Waals surface area contributed by atoms with Crippen LogP contribution < -0.4 is 15.8 Å². The molecule has 0 saturated carbocycles. The number of anilines is 2. The smallest absolute Gasteiger partial charge is 0.370 e. The molecule has 2 aromatic rings. The summed E-state index contributed by atoms with van der Waals surface area (Å²) < 4.78 is 39.4. The topological polar surface area (TPSA) is 78.1 Å².